The van der Waals surface area contributed by atoms with Crippen LogP contribution in [0.4, 0.5) is 0 Å². The number of hydrogen-bond donors (Lipinski definition) is 0. The third-order valence-corrected chi connectivity index (χ3v) is 12.7. The summed E-state index contributed by atoms with van der Waals surface area (Å²) in [4.78, 5) is 38.2. The minimum atomic E-state index is -0.785. The number of ether oxygens (including phenoxy) is 3. The number of rotatable bonds is 53. The lowest BCUT2D eigenvalue weighted by atomic mass is 10.1. The molecular weight excluding hydrogens is 841 g/mol. The molecule has 0 bridgehead atoms. The average molecular weight is 952 g/mol. The maximum atomic E-state index is 12.9. The summed E-state index contributed by atoms with van der Waals surface area (Å²) in [5, 5.41) is 0. The van der Waals surface area contributed by atoms with E-state index in [1.165, 1.54) is 161 Å². The Morgan fingerprint density at radius 2 is 0.559 bits per heavy atom. The maximum absolute atomic E-state index is 12.9. The Hall–Kier alpha value is -2.89. The van der Waals surface area contributed by atoms with Gasteiger partial charge in [-0.25, -0.2) is 0 Å². The molecule has 0 aliphatic carbocycles. The van der Waals surface area contributed by atoms with E-state index in [1.807, 2.05) is 0 Å². The zero-order valence-electron chi connectivity index (χ0n) is 45.1. The Morgan fingerprint density at radius 1 is 0.294 bits per heavy atom. The van der Waals surface area contributed by atoms with E-state index in [0.29, 0.717) is 19.3 Å². The largest absolute Gasteiger partial charge is 0.462 e. The topological polar surface area (TPSA) is 78.9 Å². The molecule has 0 radical (unpaired) electrons. The van der Waals surface area contributed by atoms with Gasteiger partial charge in [0.2, 0.25) is 0 Å². The van der Waals surface area contributed by atoms with E-state index >= 15 is 0 Å². The van der Waals surface area contributed by atoms with Gasteiger partial charge < -0.3 is 14.2 Å². The molecule has 394 valence electrons. The van der Waals surface area contributed by atoms with E-state index in [9.17, 15) is 14.4 Å². The second-order valence-corrected chi connectivity index (χ2v) is 19.5. The summed E-state index contributed by atoms with van der Waals surface area (Å²) in [5.74, 6) is -0.896. The Balaban J connectivity index is 4.37. The number of esters is 3. The number of carbonyl (C=O) groups is 3. The molecule has 0 fully saturated rings. The van der Waals surface area contributed by atoms with Crippen LogP contribution in [0.2, 0.25) is 0 Å². The van der Waals surface area contributed by atoms with E-state index < -0.39 is 6.10 Å². The molecule has 0 rings (SSSR count). The summed E-state index contributed by atoms with van der Waals surface area (Å²) in [6.07, 6.45) is 70.6. The van der Waals surface area contributed by atoms with Crippen molar-refractivity contribution in [1.29, 1.82) is 0 Å². The Labute approximate surface area is 421 Å². The maximum Gasteiger partial charge on any atom is 0.306 e. The zero-order valence-corrected chi connectivity index (χ0v) is 45.1. The first-order valence-corrected chi connectivity index (χ1v) is 29.3. The molecule has 1 unspecified atom stereocenters. The second kappa shape index (κ2) is 56.7. The van der Waals surface area contributed by atoms with Crippen LogP contribution in [-0.4, -0.2) is 37.2 Å². The Morgan fingerprint density at radius 3 is 0.897 bits per heavy atom. The van der Waals surface area contributed by atoms with Gasteiger partial charge in [0.1, 0.15) is 13.2 Å². The van der Waals surface area contributed by atoms with Crippen molar-refractivity contribution in [3.8, 4) is 0 Å². The molecule has 1 atom stereocenters. The summed E-state index contributed by atoms with van der Waals surface area (Å²) in [6.45, 7) is 6.56. The molecule has 0 saturated carbocycles. The fourth-order valence-corrected chi connectivity index (χ4v) is 8.27. The van der Waals surface area contributed by atoms with Gasteiger partial charge in [-0.1, -0.05) is 236 Å². The molecule has 0 aliphatic heterocycles. The standard InChI is InChI=1S/C62H110O6/c1-4-7-10-13-16-19-22-25-27-29-31-33-34-37-40-43-46-49-52-55-61(64)67-58-59(57-66-60(63)54-51-48-45-42-39-36-24-21-18-15-12-9-6-3)68-62(65)56-53-50-47-44-41-38-35-32-30-28-26-23-20-17-14-11-8-5-2/h12,15,20-21,23-25,27-28,30,59H,4-11,13-14,16-19,22,26,29,31-58H2,1-3H3/b15-12-,23-20-,24-21-,27-25-,30-28-. The van der Waals surface area contributed by atoms with Crippen molar-refractivity contribution in [3.05, 3.63) is 60.8 Å². The van der Waals surface area contributed by atoms with Crippen LogP contribution in [-0.2, 0) is 28.6 Å². The van der Waals surface area contributed by atoms with Gasteiger partial charge >= 0.3 is 17.9 Å². The zero-order chi connectivity index (χ0) is 49.3. The molecular formula is C62H110O6. The molecule has 0 aromatic rings. The normalized spacial score (nSPS) is 12.5. The highest BCUT2D eigenvalue weighted by molar-refractivity contribution is 5.71. The Bertz CT molecular complexity index is 1230. The van der Waals surface area contributed by atoms with Gasteiger partial charge in [0.05, 0.1) is 0 Å². The van der Waals surface area contributed by atoms with Gasteiger partial charge in [0.25, 0.3) is 0 Å². The van der Waals surface area contributed by atoms with Crippen LogP contribution >= 0.6 is 0 Å². The van der Waals surface area contributed by atoms with Gasteiger partial charge in [-0.2, -0.15) is 0 Å². The van der Waals surface area contributed by atoms with Crippen LogP contribution in [0.3, 0.4) is 0 Å². The molecule has 68 heavy (non-hydrogen) atoms. The van der Waals surface area contributed by atoms with E-state index in [4.69, 9.17) is 14.2 Å². The Kier molecular flexibility index (Phi) is 54.3. The minimum Gasteiger partial charge on any atom is -0.462 e. The molecule has 0 aromatic carbocycles. The highest BCUT2D eigenvalue weighted by Crippen LogP contribution is 2.15. The molecule has 0 aliphatic rings. The third-order valence-electron chi connectivity index (χ3n) is 12.7. The predicted molar refractivity (Wildman–Crippen MR) is 293 cm³/mol. The molecule has 6 nitrogen and oxygen atoms in total. The SMILES string of the molecule is CCC/C=C\C/C=C\CCCCCCCC(=O)OCC(COC(=O)CCCCCCCCCCC/C=C\CCCCCCCC)OC(=O)CCCCCCCCC/C=C\C/C=C\CCCCCC. The number of hydrogen-bond acceptors (Lipinski definition) is 6. The van der Waals surface area contributed by atoms with Gasteiger partial charge in [0, 0.05) is 19.3 Å². The van der Waals surface area contributed by atoms with Crippen molar-refractivity contribution in [3.63, 3.8) is 0 Å². The molecule has 0 N–H and O–H groups in total. The predicted octanol–water partition coefficient (Wildman–Crippen LogP) is 19.6. The van der Waals surface area contributed by atoms with Crippen LogP contribution < -0.4 is 0 Å². The quantitative estimate of drug-likeness (QED) is 0.0262. The number of unbranched alkanes of at least 4 members (excludes halogenated alkanes) is 32. The van der Waals surface area contributed by atoms with Crippen molar-refractivity contribution in [2.24, 2.45) is 0 Å². The van der Waals surface area contributed by atoms with Crippen molar-refractivity contribution in [2.75, 3.05) is 13.2 Å². The fourth-order valence-electron chi connectivity index (χ4n) is 8.27. The highest BCUT2D eigenvalue weighted by atomic mass is 16.6. The molecule has 0 aromatic heterocycles. The summed E-state index contributed by atoms with van der Waals surface area (Å²) in [7, 11) is 0. The lowest BCUT2D eigenvalue weighted by Crippen LogP contribution is -2.30. The first-order valence-electron chi connectivity index (χ1n) is 29.3. The van der Waals surface area contributed by atoms with E-state index in [2.05, 4.69) is 81.5 Å². The van der Waals surface area contributed by atoms with E-state index in [-0.39, 0.29) is 31.1 Å². The molecule has 6 heteroatoms. The van der Waals surface area contributed by atoms with Crippen molar-refractivity contribution >= 4 is 17.9 Å². The summed E-state index contributed by atoms with van der Waals surface area (Å²) >= 11 is 0. The summed E-state index contributed by atoms with van der Waals surface area (Å²) in [6, 6.07) is 0. The summed E-state index contributed by atoms with van der Waals surface area (Å²) in [5.41, 5.74) is 0. The average Bonchev–Trinajstić information content (AvgIpc) is 3.34. The van der Waals surface area contributed by atoms with E-state index in [0.717, 1.165) is 96.3 Å². The van der Waals surface area contributed by atoms with Gasteiger partial charge in [-0.3, -0.25) is 14.4 Å². The minimum absolute atomic E-state index is 0.0821. The van der Waals surface area contributed by atoms with Crippen LogP contribution in [0.1, 0.15) is 297 Å². The summed E-state index contributed by atoms with van der Waals surface area (Å²) < 4.78 is 16.9. The number of carbonyl (C=O) groups excluding carboxylic acids is 3. The number of allylic oxidation sites excluding steroid dienone is 10. The first kappa shape index (κ1) is 65.1. The van der Waals surface area contributed by atoms with Gasteiger partial charge in [0.15, 0.2) is 6.10 Å². The fraction of sp³-hybridized carbons (Fsp3) is 0.790. The van der Waals surface area contributed by atoms with Crippen LogP contribution in [0.15, 0.2) is 60.8 Å². The van der Waals surface area contributed by atoms with Crippen LogP contribution in [0, 0.1) is 0 Å². The first-order chi connectivity index (χ1) is 33.5. The van der Waals surface area contributed by atoms with Crippen molar-refractivity contribution in [1.82, 2.24) is 0 Å². The third kappa shape index (κ3) is 54.1. The van der Waals surface area contributed by atoms with E-state index in [1.54, 1.807) is 0 Å². The van der Waals surface area contributed by atoms with Gasteiger partial charge in [-0.15, -0.1) is 0 Å². The molecule has 0 amide bonds. The van der Waals surface area contributed by atoms with Crippen LogP contribution in [0.5, 0.6) is 0 Å². The van der Waals surface area contributed by atoms with Crippen LogP contribution in [0.25, 0.3) is 0 Å². The second-order valence-electron chi connectivity index (χ2n) is 19.5. The highest BCUT2D eigenvalue weighted by Gasteiger charge is 2.19. The van der Waals surface area contributed by atoms with Crippen molar-refractivity contribution < 1.29 is 28.6 Å². The lowest BCUT2D eigenvalue weighted by Gasteiger charge is -2.18. The smallest absolute Gasteiger partial charge is 0.306 e. The monoisotopic (exact) mass is 951 g/mol. The molecule has 0 heterocycles. The van der Waals surface area contributed by atoms with Crippen molar-refractivity contribution in [2.45, 2.75) is 303 Å². The lowest BCUT2D eigenvalue weighted by molar-refractivity contribution is -0.167. The molecule has 0 spiro atoms. The molecule has 0 saturated heterocycles. The van der Waals surface area contributed by atoms with Gasteiger partial charge in [-0.05, 0) is 103 Å².